The number of piperazine rings is 1. The first-order chi connectivity index (χ1) is 15.0. The number of rotatable bonds is 4. The van der Waals surface area contributed by atoms with E-state index in [4.69, 9.17) is 5.26 Å². The number of pyridine rings is 1. The van der Waals surface area contributed by atoms with Gasteiger partial charge >= 0.3 is 6.18 Å². The molecule has 1 saturated heterocycles. The molecule has 1 aliphatic heterocycles. The SMILES string of the molecule is CC(C)(C)C(Nc1ccc(C#N)cc1)C(=O)N1CCN(c2cccc(C(F)(F)F)n2)CC1. The van der Waals surface area contributed by atoms with Crippen LogP contribution in [0.1, 0.15) is 32.0 Å². The number of carbonyl (C=O) groups excluding carboxylic acids is 1. The minimum absolute atomic E-state index is 0.0708. The molecule has 0 spiro atoms. The molecule has 2 heterocycles. The highest BCUT2D eigenvalue weighted by Crippen LogP contribution is 2.30. The monoisotopic (exact) mass is 445 g/mol. The summed E-state index contributed by atoms with van der Waals surface area (Å²) in [4.78, 5) is 20.6. The topological polar surface area (TPSA) is 72.3 Å². The van der Waals surface area contributed by atoms with Crippen LogP contribution in [0.3, 0.4) is 0 Å². The Bertz CT molecular complexity index is 984. The number of nitriles is 1. The summed E-state index contributed by atoms with van der Waals surface area (Å²) in [6.45, 7) is 7.47. The summed E-state index contributed by atoms with van der Waals surface area (Å²) < 4.78 is 38.9. The fourth-order valence-corrected chi connectivity index (χ4v) is 3.55. The number of carbonyl (C=O) groups is 1. The predicted octanol–water partition coefficient (Wildman–Crippen LogP) is 4.15. The maximum atomic E-state index is 13.3. The van der Waals surface area contributed by atoms with Crippen molar-refractivity contribution < 1.29 is 18.0 Å². The number of nitrogens with one attached hydrogen (secondary N) is 1. The largest absolute Gasteiger partial charge is 0.433 e. The van der Waals surface area contributed by atoms with Crippen LogP contribution in [0.5, 0.6) is 0 Å². The van der Waals surface area contributed by atoms with Crippen LogP contribution in [0.15, 0.2) is 42.5 Å². The number of anilines is 2. The third-order valence-electron chi connectivity index (χ3n) is 5.38. The molecule has 0 saturated carbocycles. The zero-order valence-corrected chi connectivity index (χ0v) is 18.3. The van der Waals surface area contributed by atoms with Gasteiger partial charge in [-0.2, -0.15) is 18.4 Å². The lowest BCUT2D eigenvalue weighted by Crippen LogP contribution is -2.55. The van der Waals surface area contributed by atoms with E-state index in [1.165, 1.54) is 6.07 Å². The van der Waals surface area contributed by atoms with Gasteiger partial charge in [0, 0.05) is 31.9 Å². The Morgan fingerprint density at radius 2 is 1.69 bits per heavy atom. The van der Waals surface area contributed by atoms with Gasteiger partial charge in [-0.1, -0.05) is 26.8 Å². The average Bonchev–Trinajstić information content (AvgIpc) is 2.76. The Labute approximate surface area is 185 Å². The highest BCUT2D eigenvalue weighted by molar-refractivity contribution is 5.86. The molecule has 1 fully saturated rings. The molecule has 1 N–H and O–H groups in total. The van der Waals surface area contributed by atoms with Crippen LogP contribution in [0.25, 0.3) is 0 Å². The maximum absolute atomic E-state index is 13.3. The molecule has 2 aromatic rings. The van der Waals surface area contributed by atoms with E-state index in [-0.39, 0.29) is 17.1 Å². The van der Waals surface area contributed by atoms with Crippen LogP contribution in [0.2, 0.25) is 0 Å². The van der Waals surface area contributed by atoms with Crippen molar-refractivity contribution in [3.05, 3.63) is 53.7 Å². The molecule has 3 rings (SSSR count). The van der Waals surface area contributed by atoms with Gasteiger partial charge in [-0.3, -0.25) is 4.79 Å². The Kier molecular flexibility index (Phi) is 6.63. The summed E-state index contributed by atoms with van der Waals surface area (Å²) >= 11 is 0. The number of benzene rings is 1. The van der Waals surface area contributed by atoms with Gasteiger partial charge in [0.15, 0.2) is 0 Å². The van der Waals surface area contributed by atoms with Crippen LogP contribution >= 0.6 is 0 Å². The second-order valence-corrected chi connectivity index (χ2v) is 8.82. The van der Waals surface area contributed by atoms with Gasteiger partial charge in [0.25, 0.3) is 0 Å². The Morgan fingerprint density at radius 3 is 2.22 bits per heavy atom. The molecule has 1 atom stereocenters. The zero-order chi connectivity index (χ0) is 23.5. The number of hydrogen-bond donors (Lipinski definition) is 1. The molecule has 1 aromatic heterocycles. The third kappa shape index (κ3) is 5.49. The van der Waals surface area contributed by atoms with Crippen molar-refractivity contribution in [1.82, 2.24) is 9.88 Å². The molecule has 9 heteroatoms. The second kappa shape index (κ2) is 9.07. The normalized spacial score (nSPS) is 15.8. The highest BCUT2D eigenvalue weighted by atomic mass is 19.4. The molecular weight excluding hydrogens is 419 g/mol. The summed E-state index contributed by atoms with van der Waals surface area (Å²) in [6, 6.07) is 12.3. The Hall–Kier alpha value is -3.28. The van der Waals surface area contributed by atoms with Crippen molar-refractivity contribution in [2.75, 3.05) is 36.4 Å². The van der Waals surface area contributed by atoms with E-state index in [9.17, 15) is 18.0 Å². The molecule has 1 aliphatic rings. The summed E-state index contributed by atoms with van der Waals surface area (Å²) in [7, 11) is 0. The van der Waals surface area contributed by atoms with Crippen molar-refractivity contribution in [2.24, 2.45) is 5.41 Å². The zero-order valence-electron chi connectivity index (χ0n) is 18.3. The quantitative estimate of drug-likeness (QED) is 0.766. The minimum atomic E-state index is -4.50. The van der Waals surface area contributed by atoms with Gasteiger partial charge in [0.05, 0.1) is 11.6 Å². The molecule has 0 radical (unpaired) electrons. The lowest BCUT2D eigenvalue weighted by molar-refractivity contribution is -0.141. The molecule has 170 valence electrons. The molecule has 1 aromatic carbocycles. The molecule has 6 nitrogen and oxygen atoms in total. The first kappa shape index (κ1) is 23.4. The Morgan fingerprint density at radius 1 is 1.06 bits per heavy atom. The number of halogens is 3. The van der Waals surface area contributed by atoms with Gasteiger partial charge < -0.3 is 15.1 Å². The lowest BCUT2D eigenvalue weighted by Gasteiger charge is -2.40. The smallest absolute Gasteiger partial charge is 0.373 e. The second-order valence-electron chi connectivity index (χ2n) is 8.82. The fourth-order valence-electron chi connectivity index (χ4n) is 3.55. The van der Waals surface area contributed by atoms with Crippen molar-refractivity contribution in [3.8, 4) is 6.07 Å². The third-order valence-corrected chi connectivity index (χ3v) is 5.38. The van der Waals surface area contributed by atoms with Crippen LogP contribution in [0, 0.1) is 16.7 Å². The molecule has 32 heavy (non-hydrogen) atoms. The first-order valence-corrected chi connectivity index (χ1v) is 10.3. The first-order valence-electron chi connectivity index (χ1n) is 10.3. The van der Waals surface area contributed by atoms with Gasteiger partial charge in [-0.25, -0.2) is 4.98 Å². The van der Waals surface area contributed by atoms with Gasteiger partial charge in [0.2, 0.25) is 5.91 Å². The summed E-state index contributed by atoms with van der Waals surface area (Å²) in [6.07, 6.45) is -4.50. The highest BCUT2D eigenvalue weighted by Gasteiger charge is 2.36. The van der Waals surface area contributed by atoms with E-state index in [0.717, 1.165) is 11.8 Å². The van der Waals surface area contributed by atoms with Gasteiger partial charge in [0.1, 0.15) is 17.6 Å². The summed E-state index contributed by atoms with van der Waals surface area (Å²) in [5.41, 5.74) is -0.0319. The van der Waals surface area contributed by atoms with Crippen molar-refractivity contribution in [1.29, 1.82) is 5.26 Å². The van der Waals surface area contributed by atoms with Crippen LogP contribution in [-0.4, -0.2) is 48.0 Å². The van der Waals surface area contributed by atoms with E-state index in [2.05, 4.69) is 16.4 Å². The van der Waals surface area contributed by atoms with Gasteiger partial charge in [-0.05, 0) is 41.8 Å². The molecule has 0 bridgehead atoms. The van der Waals surface area contributed by atoms with Crippen LogP contribution in [-0.2, 0) is 11.0 Å². The number of amides is 1. The van der Waals surface area contributed by atoms with Gasteiger partial charge in [-0.15, -0.1) is 0 Å². The number of alkyl halides is 3. The number of aromatic nitrogens is 1. The van der Waals surface area contributed by atoms with E-state index in [1.807, 2.05) is 20.8 Å². The van der Waals surface area contributed by atoms with E-state index >= 15 is 0 Å². The van der Waals surface area contributed by atoms with Crippen molar-refractivity contribution in [2.45, 2.75) is 33.0 Å². The maximum Gasteiger partial charge on any atom is 0.433 e. The number of nitrogens with zero attached hydrogens (tertiary/aromatic N) is 4. The van der Waals surface area contributed by atoms with Crippen LogP contribution < -0.4 is 10.2 Å². The Balaban J connectivity index is 1.68. The van der Waals surface area contributed by atoms with Crippen molar-refractivity contribution in [3.63, 3.8) is 0 Å². The molecule has 1 amide bonds. The lowest BCUT2D eigenvalue weighted by atomic mass is 9.85. The minimum Gasteiger partial charge on any atom is -0.373 e. The average molecular weight is 445 g/mol. The van der Waals surface area contributed by atoms with E-state index in [1.54, 1.807) is 40.1 Å². The fraction of sp³-hybridized carbons (Fsp3) is 0.435. The summed E-state index contributed by atoms with van der Waals surface area (Å²) in [5, 5.41) is 12.2. The standard InChI is InChI=1S/C23H26F3N5O/c1-22(2,3)20(28-17-9-7-16(15-27)8-10-17)21(32)31-13-11-30(12-14-31)19-6-4-5-18(29-19)23(24,25)26/h4-10,20,28H,11-14H2,1-3H3. The molecular formula is C23H26F3N5O. The number of hydrogen-bond acceptors (Lipinski definition) is 5. The summed E-state index contributed by atoms with van der Waals surface area (Å²) in [5.74, 6) is 0.188. The van der Waals surface area contributed by atoms with E-state index < -0.39 is 17.9 Å². The predicted molar refractivity (Wildman–Crippen MR) is 116 cm³/mol. The van der Waals surface area contributed by atoms with Crippen molar-refractivity contribution >= 4 is 17.4 Å². The van der Waals surface area contributed by atoms with E-state index in [0.29, 0.717) is 31.7 Å². The molecule has 0 aliphatic carbocycles. The van der Waals surface area contributed by atoms with Crippen LogP contribution in [0.4, 0.5) is 24.7 Å². The molecule has 1 unspecified atom stereocenters.